The van der Waals surface area contributed by atoms with Crippen molar-refractivity contribution < 1.29 is 9.59 Å². The van der Waals surface area contributed by atoms with Crippen LogP contribution >= 0.6 is 22.9 Å². The first kappa shape index (κ1) is 21.5. The third-order valence-electron chi connectivity index (χ3n) is 5.51. The van der Waals surface area contributed by atoms with Gasteiger partial charge in [-0.3, -0.25) is 19.5 Å². The number of hydrogen-bond donors (Lipinski definition) is 1. The lowest BCUT2D eigenvalue weighted by atomic mass is 10.0. The molecule has 0 unspecified atom stereocenters. The van der Waals surface area contributed by atoms with Gasteiger partial charge in [-0.25, -0.2) is 0 Å². The zero-order valence-electron chi connectivity index (χ0n) is 17.0. The summed E-state index contributed by atoms with van der Waals surface area (Å²) in [4.78, 5) is 33.7. The number of hydrogen-bond acceptors (Lipinski definition) is 4. The number of amides is 2. The first-order chi connectivity index (χ1) is 15.1. The van der Waals surface area contributed by atoms with Crippen LogP contribution in [0, 0.1) is 0 Å². The van der Waals surface area contributed by atoms with E-state index in [1.165, 1.54) is 11.3 Å². The van der Waals surface area contributed by atoms with E-state index in [9.17, 15) is 9.59 Å². The molecule has 1 N–H and O–H groups in total. The van der Waals surface area contributed by atoms with Crippen LogP contribution < -0.4 is 10.2 Å². The van der Waals surface area contributed by atoms with Crippen LogP contribution in [-0.2, 0) is 16.0 Å². The fourth-order valence-corrected chi connectivity index (χ4v) is 4.82. The van der Waals surface area contributed by atoms with Gasteiger partial charge in [0.2, 0.25) is 11.8 Å². The highest BCUT2D eigenvalue weighted by atomic mass is 35.5. The van der Waals surface area contributed by atoms with Gasteiger partial charge in [-0.15, -0.1) is 11.3 Å². The fourth-order valence-electron chi connectivity index (χ4n) is 4.00. The first-order valence-electron chi connectivity index (χ1n) is 10.4. The molecule has 2 amide bonds. The predicted molar refractivity (Wildman–Crippen MR) is 124 cm³/mol. The average molecular weight is 454 g/mol. The van der Waals surface area contributed by atoms with E-state index >= 15 is 0 Å². The standard InChI is InChI=1S/C24H24ClN3O2S/c25-18-7-9-20(10-8-18)28(22(29)16-21-6-3-15-31-21)23(17-11-13-26-14-12-17)24(30)27-19-4-1-2-5-19/h3,6-15,19,23H,1-2,4-5,16H2,(H,27,30)/t23-/m1/s1. The van der Waals surface area contributed by atoms with Crippen molar-refractivity contribution in [3.05, 3.63) is 81.8 Å². The second-order valence-corrected chi connectivity index (χ2v) is 9.14. The molecule has 1 saturated carbocycles. The molecular weight excluding hydrogens is 430 g/mol. The third kappa shape index (κ3) is 5.32. The molecule has 7 heteroatoms. The number of nitrogens with one attached hydrogen (secondary N) is 1. The van der Waals surface area contributed by atoms with Crippen LogP contribution in [0.3, 0.4) is 0 Å². The van der Waals surface area contributed by atoms with E-state index in [0.717, 1.165) is 36.1 Å². The van der Waals surface area contributed by atoms with Crippen molar-refractivity contribution in [2.45, 2.75) is 44.2 Å². The molecule has 0 aliphatic heterocycles. The predicted octanol–water partition coefficient (Wildman–Crippen LogP) is 5.17. The number of carbonyl (C=O) groups is 2. The Labute approximate surface area is 191 Å². The molecule has 3 aromatic rings. The molecule has 1 aliphatic rings. The summed E-state index contributed by atoms with van der Waals surface area (Å²) >= 11 is 7.62. The van der Waals surface area contributed by atoms with Crippen molar-refractivity contribution >= 4 is 40.4 Å². The van der Waals surface area contributed by atoms with Gasteiger partial charge >= 0.3 is 0 Å². The highest BCUT2D eigenvalue weighted by Crippen LogP contribution is 2.31. The topological polar surface area (TPSA) is 62.3 Å². The van der Waals surface area contributed by atoms with E-state index in [0.29, 0.717) is 10.7 Å². The molecule has 1 aliphatic carbocycles. The maximum Gasteiger partial charge on any atom is 0.248 e. The van der Waals surface area contributed by atoms with Gasteiger partial charge in [0.15, 0.2) is 0 Å². The molecule has 2 heterocycles. The lowest BCUT2D eigenvalue weighted by Crippen LogP contribution is -2.46. The van der Waals surface area contributed by atoms with Crippen molar-refractivity contribution in [1.29, 1.82) is 0 Å². The van der Waals surface area contributed by atoms with Crippen molar-refractivity contribution in [1.82, 2.24) is 10.3 Å². The van der Waals surface area contributed by atoms with Gasteiger partial charge in [0, 0.05) is 34.0 Å². The van der Waals surface area contributed by atoms with Gasteiger partial charge in [0.25, 0.3) is 0 Å². The highest BCUT2D eigenvalue weighted by molar-refractivity contribution is 7.10. The minimum Gasteiger partial charge on any atom is -0.351 e. The average Bonchev–Trinajstić information content (AvgIpc) is 3.47. The largest absolute Gasteiger partial charge is 0.351 e. The number of anilines is 1. The Morgan fingerprint density at radius 2 is 1.81 bits per heavy atom. The summed E-state index contributed by atoms with van der Waals surface area (Å²) in [5.74, 6) is -0.319. The zero-order valence-corrected chi connectivity index (χ0v) is 18.6. The molecule has 0 spiro atoms. The van der Waals surface area contributed by atoms with Gasteiger partial charge in [-0.1, -0.05) is 30.5 Å². The van der Waals surface area contributed by atoms with Crippen LogP contribution in [0.15, 0.2) is 66.3 Å². The molecule has 4 rings (SSSR count). The smallest absolute Gasteiger partial charge is 0.248 e. The Balaban J connectivity index is 1.73. The van der Waals surface area contributed by atoms with E-state index in [1.54, 1.807) is 53.7 Å². The molecule has 0 bridgehead atoms. The highest BCUT2D eigenvalue weighted by Gasteiger charge is 2.34. The Kier molecular flexibility index (Phi) is 6.99. The van der Waals surface area contributed by atoms with E-state index < -0.39 is 6.04 Å². The molecule has 0 radical (unpaired) electrons. The monoisotopic (exact) mass is 453 g/mol. The van der Waals surface area contributed by atoms with Gasteiger partial charge in [0.05, 0.1) is 6.42 Å². The van der Waals surface area contributed by atoms with Crippen molar-refractivity contribution in [3.63, 3.8) is 0 Å². The summed E-state index contributed by atoms with van der Waals surface area (Å²) in [6.07, 6.45) is 7.69. The van der Waals surface area contributed by atoms with Crippen LogP contribution in [0.1, 0.15) is 42.2 Å². The third-order valence-corrected chi connectivity index (χ3v) is 6.64. The van der Waals surface area contributed by atoms with E-state index in [-0.39, 0.29) is 24.3 Å². The number of thiophene rings is 1. The molecule has 1 fully saturated rings. The van der Waals surface area contributed by atoms with Crippen LogP contribution in [0.5, 0.6) is 0 Å². The van der Waals surface area contributed by atoms with Crippen molar-refractivity contribution in [3.8, 4) is 0 Å². The number of carbonyl (C=O) groups excluding carboxylic acids is 2. The van der Waals surface area contributed by atoms with Gasteiger partial charge in [-0.2, -0.15) is 0 Å². The number of pyridine rings is 1. The maximum atomic E-state index is 13.6. The SMILES string of the molecule is O=C(NC1CCCC1)[C@@H](c1ccncc1)N(C(=O)Cc1cccs1)c1ccc(Cl)cc1. The minimum absolute atomic E-state index is 0.145. The number of halogens is 1. The van der Waals surface area contributed by atoms with E-state index in [1.807, 2.05) is 17.5 Å². The Bertz CT molecular complexity index is 1000. The van der Waals surface area contributed by atoms with Crippen LogP contribution in [0.2, 0.25) is 5.02 Å². The van der Waals surface area contributed by atoms with Gasteiger partial charge in [-0.05, 0) is 66.2 Å². The molecule has 5 nitrogen and oxygen atoms in total. The first-order valence-corrected chi connectivity index (χ1v) is 11.7. The van der Waals surface area contributed by atoms with Crippen LogP contribution in [0.25, 0.3) is 0 Å². The summed E-state index contributed by atoms with van der Waals surface area (Å²) in [5, 5.41) is 5.70. The summed E-state index contributed by atoms with van der Waals surface area (Å²) < 4.78 is 0. The lowest BCUT2D eigenvalue weighted by molar-refractivity contribution is -0.127. The normalized spacial score (nSPS) is 14.9. The van der Waals surface area contributed by atoms with E-state index in [4.69, 9.17) is 11.6 Å². The number of nitrogens with zero attached hydrogens (tertiary/aromatic N) is 2. The molecule has 31 heavy (non-hydrogen) atoms. The van der Waals surface area contributed by atoms with Crippen molar-refractivity contribution in [2.24, 2.45) is 0 Å². The molecule has 1 aromatic carbocycles. The second kappa shape index (κ2) is 10.1. The molecule has 0 saturated heterocycles. The Morgan fingerprint density at radius 1 is 1.10 bits per heavy atom. The molecular formula is C24H24ClN3O2S. The molecule has 160 valence electrons. The van der Waals surface area contributed by atoms with Crippen LogP contribution in [-0.4, -0.2) is 22.8 Å². The fraction of sp³-hybridized carbons (Fsp3) is 0.292. The molecule has 1 atom stereocenters. The summed E-state index contributed by atoms with van der Waals surface area (Å²) in [6.45, 7) is 0. The Hall–Kier alpha value is -2.70. The lowest BCUT2D eigenvalue weighted by Gasteiger charge is -2.32. The summed E-state index contributed by atoms with van der Waals surface area (Å²) in [7, 11) is 0. The Morgan fingerprint density at radius 3 is 2.45 bits per heavy atom. The minimum atomic E-state index is -0.794. The van der Waals surface area contributed by atoms with Gasteiger partial charge in [0.1, 0.15) is 6.04 Å². The molecule has 2 aromatic heterocycles. The second-order valence-electron chi connectivity index (χ2n) is 7.67. The number of aromatic nitrogens is 1. The number of benzene rings is 1. The number of rotatable bonds is 7. The van der Waals surface area contributed by atoms with Crippen LogP contribution in [0.4, 0.5) is 5.69 Å². The van der Waals surface area contributed by atoms with Gasteiger partial charge < -0.3 is 5.32 Å². The zero-order chi connectivity index (χ0) is 21.6. The van der Waals surface area contributed by atoms with Crippen molar-refractivity contribution in [2.75, 3.05) is 4.90 Å². The maximum absolute atomic E-state index is 13.6. The summed E-state index contributed by atoms with van der Waals surface area (Å²) in [5.41, 5.74) is 1.36. The van der Waals surface area contributed by atoms with E-state index in [2.05, 4.69) is 10.3 Å². The quantitative estimate of drug-likeness (QED) is 0.536. The summed E-state index contributed by atoms with van der Waals surface area (Å²) in [6, 6.07) is 13.8.